The molecule has 2 aromatic heterocycles. The van der Waals surface area contributed by atoms with Crippen molar-refractivity contribution in [2.24, 2.45) is 0 Å². The molecule has 3 heterocycles. The van der Waals surface area contributed by atoms with Crippen molar-refractivity contribution in [2.75, 3.05) is 18.0 Å². The third-order valence-electron chi connectivity index (χ3n) is 4.00. The molecule has 116 valence electrons. The first kappa shape index (κ1) is 14.2. The molecule has 6 heteroatoms. The predicted molar refractivity (Wildman–Crippen MR) is 90.0 cm³/mol. The molecule has 1 atom stereocenters. The third kappa shape index (κ3) is 2.80. The molecule has 1 unspecified atom stereocenters. The lowest BCUT2D eigenvalue weighted by Crippen LogP contribution is -2.25. The van der Waals surface area contributed by atoms with Gasteiger partial charge in [0.2, 0.25) is 0 Å². The molecule has 3 aromatic rings. The molecule has 1 fully saturated rings. The summed E-state index contributed by atoms with van der Waals surface area (Å²) in [6, 6.07) is 9.85. The number of hydrogen-bond acceptors (Lipinski definition) is 5. The van der Waals surface area contributed by atoms with Crippen molar-refractivity contribution in [3.05, 3.63) is 54.1 Å². The molecule has 0 N–H and O–H groups in total. The lowest BCUT2D eigenvalue weighted by atomic mass is 10.2. The highest BCUT2D eigenvalue weighted by Gasteiger charge is 2.26. The minimum Gasteiger partial charge on any atom is -0.487 e. The first-order valence-electron chi connectivity index (χ1n) is 7.52. The number of hydrogen-bond donors (Lipinski definition) is 0. The number of benzene rings is 1. The number of nitrogens with zero attached hydrogens (tertiary/aromatic N) is 4. The highest BCUT2D eigenvalue weighted by Crippen LogP contribution is 2.29. The van der Waals surface area contributed by atoms with E-state index >= 15 is 0 Å². The van der Waals surface area contributed by atoms with Crippen LogP contribution in [0.2, 0.25) is 5.02 Å². The lowest BCUT2D eigenvalue weighted by Gasteiger charge is -2.19. The van der Waals surface area contributed by atoms with Crippen LogP contribution in [0, 0.1) is 0 Å². The van der Waals surface area contributed by atoms with Gasteiger partial charge in [-0.05, 0) is 12.1 Å². The topological polar surface area (TPSA) is 51.1 Å². The molecule has 0 saturated carbocycles. The Morgan fingerprint density at radius 1 is 1.17 bits per heavy atom. The first-order valence-corrected chi connectivity index (χ1v) is 7.90. The SMILES string of the molecule is Clc1cnccc1OC1CCN(c2ncnc3ccccc23)C1. The molecule has 0 amide bonds. The minimum atomic E-state index is 0.0867. The number of para-hydroxylation sites is 1. The number of rotatable bonds is 3. The quantitative estimate of drug-likeness (QED) is 0.739. The lowest BCUT2D eigenvalue weighted by molar-refractivity contribution is 0.225. The molecule has 1 saturated heterocycles. The summed E-state index contributed by atoms with van der Waals surface area (Å²) in [5, 5.41) is 1.61. The van der Waals surface area contributed by atoms with Gasteiger partial charge in [-0.1, -0.05) is 23.7 Å². The van der Waals surface area contributed by atoms with Crippen molar-refractivity contribution in [3.8, 4) is 5.75 Å². The smallest absolute Gasteiger partial charge is 0.141 e. The fourth-order valence-electron chi connectivity index (χ4n) is 2.90. The first-order chi connectivity index (χ1) is 11.3. The molecule has 23 heavy (non-hydrogen) atoms. The Morgan fingerprint density at radius 2 is 2.09 bits per heavy atom. The standard InChI is InChI=1S/C17H15ClN4O/c18-14-9-19-7-5-16(14)23-12-6-8-22(10-12)17-13-3-1-2-4-15(13)20-11-21-17/h1-5,7,9,11-12H,6,8,10H2. The summed E-state index contributed by atoms with van der Waals surface area (Å²) in [7, 11) is 0. The molecule has 1 aromatic carbocycles. The van der Waals surface area contributed by atoms with Gasteiger partial charge in [-0.25, -0.2) is 9.97 Å². The molecule has 5 nitrogen and oxygen atoms in total. The fraction of sp³-hybridized carbons (Fsp3) is 0.235. The van der Waals surface area contributed by atoms with Gasteiger partial charge in [-0.3, -0.25) is 4.98 Å². The molecular formula is C17H15ClN4O. The molecule has 0 spiro atoms. The Bertz CT molecular complexity index is 836. The summed E-state index contributed by atoms with van der Waals surface area (Å²) in [6.07, 6.45) is 5.92. The molecular weight excluding hydrogens is 312 g/mol. The van der Waals surface area contributed by atoms with E-state index in [-0.39, 0.29) is 6.10 Å². The van der Waals surface area contributed by atoms with Gasteiger partial charge < -0.3 is 9.64 Å². The Hall–Kier alpha value is -2.40. The summed E-state index contributed by atoms with van der Waals surface area (Å²) in [5.74, 6) is 1.64. The summed E-state index contributed by atoms with van der Waals surface area (Å²) < 4.78 is 6.01. The van der Waals surface area contributed by atoms with Gasteiger partial charge in [0.1, 0.15) is 29.0 Å². The summed E-state index contributed by atoms with van der Waals surface area (Å²) >= 11 is 6.11. The summed E-state index contributed by atoms with van der Waals surface area (Å²) in [5.41, 5.74) is 0.957. The van der Waals surface area contributed by atoms with Crippen molar-refractivity contribution in [1.29, 1.82) is 0 Å². The van der Waals surface area contributed by atoms with Crippen LogP contribution < -0.4 is 9.64 Å². The van der Waals surface area contributed by atoms with Crippen molar-refractivity contribution in [2.45, 2.75) is 12.5 Å². The van der Waals surface area contributed by atoms with Crippen LogP contribution in [0.4, 0.5) is 5.82 Å². The second kappa shape index (κ2) is 6.01. The highest BCUT2D eigenvalue weighted by atomic mass is 35.5. The number of halogens is 1. The fourth-order valence-corrected chi connectivity index (χ4v) is 3.06. The van der Waals surface area contributed by atoms with Gasteiger partial charge in [0.25, 0.3) is 0 Å². The maximum absolute atomic E-state index is 6.11. The van der Waals surface area contributed by atoms with E-state index in [1.165, 1.54) is 0 Å². The largest absolute Gasteiger partial charge is 0.487 e. The van der Waals surface area contributed by atoms with E-state index in [9.17, 15) is 0 Å². The molecule has 0 aliphatic carbocycles. The van der Waals surface area contributed by atoms with Crippen LogP contribution in [0.25, 0.3) is 10.9 Å². The average molecular weight is 327 g/mol. The molecule has 1 aliphatic rings. The van der Waals surface area contributed by atoms with E-state index in [2.05, 4.69) is 25.9 Å². The Balaban J connectivity index is 1.55. The summed E-state index contributed by atoms with van der Waals surface area (Å²) in [4.78, 5) is 15.0. The summed E-state index contributed by atoms with van der Waals surface area (Å²) in [6.45, 7) is 1.67. The van der Waals surface area contributed by atoms with Crippen LogP contribution in [0.5, 0.6) is 5.75 Å². The monoisotopic (exact) mass is 326 g/mol. The number of ether oxygens (including phenoxy) is 1. The highest BCUT2D eigenvalue weighted by molar-refractivity contribution is 6.31. The second-order valence-corrected chi connectivity index (χ2v) is 5.90. The molecule has 1 aliphatic heterocycles. The molecule has 0 radical (unpaired) electrons. The zero-order valence-corrected chi connectivity index (χ0v) is 13.1. The van der Waals surface area contributed by atoms with Gasteiger partial charge in [-0.2, -0.15) is 0 Å². The van der Waals surface area contributed by atoms with E-state index < -0.39 is 0 Å². The van der Waals surface area contributed by atoms with E-state index in [4.69, 9.17) is 16.3 Å². The van der Waals surface area contributed by atoms with Crippen LogP contribution in [-0.4, -0.2) is 34.1 Å². The Labute approximate surface area is 138 Å². The number of anilines is 1. The van der Waals surface area contributed by atoms with Gasteiger partial charge in [-0.15, -0.1) is 0 Å². The third-order valence-corrected chi connectivity index (χ3v) is 4.28. The van der Waals surface area contributed by atoms with Crippen molar-refractivity contribution >= 4 is 28.3 Å². The molecule has 0 bridgehead atoms. The van der Waals surface area contributed by atoms with Gasteiger partial charge >= 0.3 is 0 Å². The average Bonchev–Trinajstić information content (AvgIpc) is 3.05. The van der Waals surface area contributed by atoms with E-state index in [1.54, 1.807) is 24.8 Å². The zero-order chi connectivity index (χ0) is 15.6. The van der Waals surface area contributed by atoms with E-state index in [0.29, 0.717) is 10.8 Å². The minimum absolute atomic E-state index is 0.0867. The van der Waals surface area contributed by atoms with Gasteiger partial charge in [0.05, 0.1) is 12.1 Å². The van der Waals surface area contributed by atoms with Crippen molar-refractivity contribution in [1.82, 2.24) is 15.0 Å². The normalized spacial score (nSPS) is 17.6. The van der Waals surface area contributed by atoms with E-state index in [1.807, 2.05) is 18.2 Å². The maximum atomic E-state index is 6.11. The predicted octanol–water partition coefficient (Wildman–Crippen LogP) is 3.34. The van der Waals surface area contributed by atoms with Crippen LogP contribution in [0.1, 0.15) is 6.42 Å². The maximum Gasteiger partial charge on any atom is 0.141 e. The number of fused-ring (bicyclic) bond motifs is 1. The second-order valence-electron chi connectivity index (χ2n) is 5.50. The van der Waals surface area contributed by atoms with E-state index in [0.717, 1.165) is 36.2 Å². The number of aromatic nitrogens is 3. The van der Waals surface area contributed by atoms with Gasteiger partial charge in [0.15, 0.2) is 0 Å². The number of pyridine rings is 1. The Kier molecular flexibility index (Phi) is 3.71. The van der Waals surface area contributed by atoms with Crippen LogP contribution in [0.15, 0.2) is 49.1 Å². The van der Waals surface area contributed by atoms with Crippen molar-refractivity contribution in [3.63, 3.8) is 0 Å². The van der Waals surface area contributed by atoms with Crippen LogP contribution >= 0.6 is 11.6 Å². The van der Waals surface area contributed by atoms with Crippen LogP contribution in [0.3, 0.4) is 0 Å². The van der Waals surface area contributed by atoms with Crippen LogP contribution in [-0.2, 0) is 0 Å². The Morgan fingerprint density at radius 3 is 3.00 bits per heavy atom. The van der Waals surface area contributed by atoms with Crippen molar-refractivity contribution < 1.29 is 4.74 Å². The zero-order valence-electron chi connectivity index (χ0n) is 12.4. The molecule has 4 rings (SSSR count). The van der Waals surface area contributed by atoms with Gasteiger partial charge in [0, 0.05) is 36.8 Å².